The highest BCUT2D eigenvalue weighted by atomic mass is 32.2. The molecule has 0 saturated carbocycles. The van der Waals surface area contributed by atoms with Gasteiger partial charge in [0.05, 0.1) is 24.5 Å². The average Bonchev–Trinajstić information content (AvgIpc) is 3.32. The van der Waals surface area contributed by atoms with Gasteiger partial charge in [-0.3, -0.25) is 4.90 Å². The average molecular weight is 511 g/mol. The van der Waals surface area contributed by atoms with Crippen LogP contribution < -0.4 is 18.9 Å². The predicted molar refractivity (Wildman–Crippen MR) is 129 cm³/mol. The van der Waals surface area contributed by atoms with E-state index in [2.05, 4.69) is 14.4 Å². The summed E-state index contributed by atoms with van der Waals surface area (Å²) < 4.78 is 50.6. The molecule has 2 heterocycles. The number of nitrogens with one attached hydrogen (secondary N) is 2. The molecule has 3 aromatic rings. The molecule has 0 spiro atoms. The maximum atomic E-state index is 14.8. The van der Waals surface area contributed by atoms with Gasteiger partial charge in [0.1, 0.15) is 12.0 Å². The van der Waals surface area contributed by atoms with Gasteiger partial charge in [-0.15, -0.1) is 0 Å². The highest BCUT2D eigenvalue weighted by Crippen LogP contribution is 2.40. The van der Waals surface area contributed by atoms with Gasteiger partial charge in [0.25, 0.3) is 0 Å². The summed E-state index contributed by atoms with van der Waals surface area (Å²) in [5, 5.41) is 0. The third-order valence-corrected chi connectivity index (χ3v) is 5.23. The van der Waals surface area contributed by atoms with Gasteiger partial charge >= 0.3 is 12.2 Å². The number of anilines is 1. The smallest absolute Gasteiger partial charge is 0.416 e. The first-order valence-corrected chi connectivity index (χ1v) is 12.5. The molecule has 0 saturated heterocycles. The molecule has 4 rings (SSSR count). The first-order chi connectivity index (χ1) is 16.4. The number of amides is 1. The third-order valence-electron chi connectivity index (χ3n) is 4.70. The lowest BCUT2D eigenvalue weighted by molar-refractivity contribution is 0.116. The molecule has 182 valence electrons. The molecule has 1 unspecified atom stereocenters. The van der Waals surface area contributed by atoms with E-state index < -0.39 is 23.8 Å². The number of hydrogen-bond acceptors (Lipinski definition) is 9. The molecule has 1 aromatic heterocycles. The van der Waals surface area contributed by atoms with Gasteiger partial charge in [-0.25, -0.2) is 18.3 Å². The molecule has 34 heavy (non-hydrogen) atoms. The Bertz CT molecular complexity index is 1120. The number of ether oxygens (including phenoxy) is 2. The Hall–Kier alpha value is -2.96. The highest BCUT2D eigenvalue weighted by molar-refractivity contribution is 7.98. The number of halogens is 2. The Kier molecular flexibility index (Phi) is 9.02. The van der Waals surface area contributed by atoms with E-state index >= 15 is 0 Å². The summed E-state index contributed by atoms with van der Waals surface area (Å²) in [5.41, 5.74) is 0.991. The maximum absolute atomic E-state index is 14.8. The monoisotopic (exact) mass is 510 g/mol. The number of nitrogens with zero attached hydrogens (tertiary/aromatic N) is 2. The molecular weight excluding hydrogens is 486 g/mol. The van der Waals surface area contributed by atoms with Crippen molar-refractivity contribution in [2.24, 2.45) is 0 Å². The van der Waals surface area contributed by atoms with Gasteiger partial charge in [0.2, 0.25) is 0 Å². The number of oxazole rings is 1. The van der Waals surface area contributed by atoms with Crippen LogP contribution in [0, 0.1) is 11.6 Å². The SMILES string of the molecule is CNSNc1cccc(CN2C(=O)Oc3cc(Oc4ncco4)c(F)cc3C2C)c1F.CSC. The number of benzene rings is 2. The Morgan fingerprint density at radius 3 is 2.71 bits per heavy atom. The van der Waals surface area contributed by atoms with Crippen LogP contribution >= 0.6 is 23.9 Å². The summed E-state index contributed by atoms with van der Waals surface area (Å²) >= 11 is 2.87. The zero-order valence-electron chi connectivity index (χ0n) is 18.9. The zero-order chi connectivity index (χ0) is 24.7. The number of thioether (sulfide) groups is 1. The number of rotatable bonds is 7. The van der Waals surface area contributed by atoms with E-state index in [4.69, 9.17) is 13.9 Å². The summed E-state index contributed by atoms with van der Waals surface area (Å²) in [6.07, 6.45) is 5.89. The molecule has 1 atom stereocenters. The summed E-state index contributed by atoms with van der Waals surface area (Å²) in [5.74, 6) is -1.21. The minimum absolute atomic E-state index is 0.0544. The molecular formula is C22H24F2N4O4S2. The Balaban J connectivity index is 0.00000103. The number of hydrogen-bond donors (Lipinski definition) is 2. The van der Waals surface area contributed by atoms with Gasteiger partial charge in [-0.1, -0.05) is 12.1 Å². The van der Waals surface area contributed by atoms with Crippen LogP contribution in [0.4, 0.5) is 19.3 Å². The molecule has 1 amide bonds. The molecule has 1 aliphatic rings. The number of fused-ring (bicyclic) bond motifs is 1. The normalized spacial score (nSPS) is 14.6. The fourth-order valence-electron chi connectivity index (χ4n) is 3.15. The van der Waals surface area contributed by atoms with E-state index in [1.54, 1.807) is 43.9 Å². The molecule has 0 fully saturated rings. The second-order valence-corrected chi connectivity index (χ2v) is 8.62. The number of carbonyl (C=O) groups is 1. The van der Waals surface area contributed by atoms with Crippen molar-refractivity contribution in [2.75, 3.05) is 24.3 Å². The largest absolute Gasteiger partial charge is 0.417 e. The van der Waals surface area contributed by atoms with Crippen molar-refractivity contribution in [2.45, 2.75) is 19.5 Å². The van der Waals surface area contributed by atoms with Crippen LogP contribution in [-0.2, 0) is 6.54 Å². The fourth-order valence-corrected chi connectivity index (χ4v) is 3.52. The standard InChI is InChI=1S/C20H18F2N4O4S.C2H6S/c1-11-13-8-14(21)17(29-19-24-6-7-28-19)9-16(13)30-20(27)26(11)10-12-4-3-5-15(18(12)22)25-31-23-2;1-3-2/h3-9,11,23,25H,10H2,1-2H3;1-2H3. The number of aromatic nitrogens is 1. The minimum atomic E-state index is -0.684. The van der Waals surface area contributed by atoms with Gasteiger partial charge in [0.15, 0.2) is 17.4 Å². The van der Waals surface area contributed by atoms with Crippen molar-refractivity contribution in [1.82, 2.24) is 14.6 Å². The predicted octanol–water partition coefficient (Wildman–Crippen LogP) is 5.99. The van der Waals surface area contributed by atoms with E-state index in [-0.39, 0.29) is 29.8 Å². The minimum Gasteiger partial charge on any atom is -0.417 e. The summed E-state index contributed by atoms with van der Waals surface area (Å²) in [4.78, 5) is 17.7. The summed E-state index contributed by atoms with van der Waals surface area (Å²) in [6, 6.07) is 6.76. The molecule has 2 N–H and O–H groups in total. The maximum Gasteiger partial charge on any atom is 0.416 e. The highest BCUT2D eigenvalue weighted by Gasteiger charge is 2.33. The first-order valence-electron chi connectivity index (χ1n) is 10.0. The van der Waals surface area contributed by atoms with Crippen LogP contribution in [0.3, 0.4) is 0 Å². The van der Waals surface area contributed by atoms with E-state index in [0.29, 0.717) is 11.1 Å². The fraction of sp³-hybridized carbons (Fsp3) is 0.273. The van der Waals surface area contributed by atoms with Crippen LogP contribution in [-0.4, -0.2) is 35.5 Å². The lowest BCUT2D eigenvalue weighted by Gasteiger charge is -2.34. The Morgan fingerprint density at radius 2 is 2.03 bits per heavy atom. The van der Waals surface area contributed by atoms with E-state index in [1.807, 2.05) is 12.5 Å². The van der Waals surface area contributed by atoms with E-state index in [0.717, 1.165) is 12.1 Å². The Labute approximate surface area is 204 Å². The summed E-state index contributed by atoms with van der Waals surface area (Å²) in [6.45, 7) is 1.66. The molecule has 1 aliphatic heterocycles. The topological polar surface area (TPSA) is 88.9 Å². The van der Waals surface area contributed by atoms with Crippen molar-refractivity contribution >= 4 is 35.7 Å². The van der Waals surface area contributed by atoms with Crippen LogP contribution in [0.2, 0.25) is 0 Å². The van der Waals surface area contributed by atoms with Crippen molar-refractivity contribution in [3.05, 3.63) is 65.6 Å². The van der Waals surface area contributed by atoms with Gasteiger partial charge in [-0.2, -0.15) is 16.7 Å². The van der Waals surface area contributed by atoms with Crippen LogP contribution in [0.1, 0.15) is 24.1 Å². The first kappa shape index (κ1) is 25.7. The van der Waals surface area contributed by atoms with Crippen LogP contribution in [0.15, 0.2) is 47.2 Å². The van der Waals surface area contributed by atoms with Crippen molar-refractivity contribution in [3.63, 3.8) is 0 Å². The number of carbonyl (C=O) groups excluding carboxylic acids is 1. The third kappa shape index (κ3) is 5.93. The van der Waals surface area contributed by atoms with Gasteiger partial charge in [-0.05, 0) is 38.6 Å². The molecule has 0 radical (unpaired) electrons. The molecule has 8 nitrogen and oxygen atoms in total. The van der Waals surface area contributed by atoms with Crippen molar-refractivity contribution in [1.29, 1.82) is 0 Å². The van der Waals surface area contributed by atoms with Crippen molar-refractivity contribution in [3.8, 4) is 17.6 Å². The molecule has 12 heteroatoms. The van der Waals surface area contributed by atoms with Crippen LogP contribution in [0.5, 0.6) is 17.6 Å². The van der Waals surface area contributed by atoms with E-state index in [9.17, 15) is 13.6 Å². The summed E-state index contributed by atoms with van der Waals surface area (Å²) in [7, 11) is 1.70. The lowest BCUT2D eigenvalue weighted by atomic mass is 10.0. The second-order valence-electron chi connectivity index (χ2n) is 6.99. The van der Waals surface area contributed by atoms with E-state index in [1.165, 1.54) is 29.5 Å². The van der Waals surface area contributed by atoms with Crippen LogP contribution in [0.25, 0.3) is 0 Å². The van der Waals surface area contributed by atoms with Crippen molar-refractivity contribution < 1.29 is 27.5 Å². The molecule has 0 aliphatic carbocycles. The lowest BCUT2D eigenvalue weighted by Crippen LogP contribution is -2.39. The van der Waals surface area contributed by atoms with Gasteiger partial charge in [0, 0.05) is 29.3 Å². The quantitative estimate of drug-likeness (QED) is 0.372. The zero-order valence-corrected chi connectivity index (χ0v) is 20.6. The Morgan fingerprint density at radius 1 is 1.26 bits per heavy atom. The molecule has 0 bridgehead atoms. The molecule has 2 aromatic carbocycles. The van der Waals surface area contributed by atoms with Gasteiger partial charge < -0.3 is 18.6 Å². The second kappa shape index (κ2) is 12.0.